The highest BCUT2D eigenvalue weighted by molar-refractivity contribution is 5.88. The Hall–Kier alpha value is -3.40. The Balaban J connectivity index is 2.14. The number of carbonyl (C=O) groups is 2. The fourth-order valence-electron chi connectivity index (χ4n) is 4.01. The van der Waals surface area contributed by atoms with Gasteiger partial charge in [0.2, 0.25) is 11.8 Å². The molecule has 30 heavy (non-hydrogen) atoms. The molecule has 3 aromatic rings. The van der Waals surface area contributed by atoms with E-state index in [2.05, 4.69) is 5.32 Å². The third-order valence-electron chi connectivity index (χ3n) is 5.52. The molecule has 154 valence electrons. The molecule has 3 N–H and O–H groups in total. The lowest BCUT2D eigenvalue weighted by molar-refractivity contribution is -0.128. The highest BCUT2D eigenvalue weighted by Gasteiger charge is 2.39. The van der Waals surface area contributed by atoms with Gasteiger partial charge in [-0.3, -0.25) is 9.59 Å². The minimum absolute atomic E-state index is 0.0916. The minimum Gasteiger partial charge on any atom is -0.368 e. The van der Waals surface area contributed by atoms with E-state index < -0.39 is 17.4 Å². The molecule has 0 aliphatic carbocycles. The number of primary amides is 1. The van der Waals surface area contributed by atoms with E-state index in [-0.39, 0.29) is 18.2 Å². The van der Waals surface area contributed by atoms with Gasteiger partial charge >= 0.3 is 0 Å². The summed E-state index contributed by atoms with van der Waals surface area (Å²) in [5, 5.41) is 2.87. The third-order valence-corrected chi connectivity index (χ3v) is 5.52. The Morgan fingerprint density at radius 2 is 1.13 bits per heavy atom. The highest BCUT2D eigenvalue weighted by atomic mass is 16.2. The fraction of sp³-hybridized carbons (Fsp3) is 0.231. The van der Waals surface area contributed by atoms with Gasteiger partial charge in [-0.15, -0.1) is 0 Å². The molecule has 3 aromatic carbocycles. The number of rotatable bonds is 8. The molecule has 2 amide bonds. The predicted molar refractivity (Wildman–Crippen MR) is 120 cm³/mol. The van der Waals surface area contributed by atoms with Gasteiger partial charge in [0.25, 0.3) is 0 Å². The fourth-order valence-corrected chi connectivity index (χ4v) is 4.01. The summed E-state index contributed by atoms with van der Waals surface area (Å²) < 4.78 is 0. The molecule has 0 aliphatic heterocycles. The average Bonchev–Trinajstić information content (AvgIpc) is 2.77. The number of amides is 2. The number of nitrogens with one attached hydrogen (secondary N) is 1. The lowest BCUT2D eigenvalue weighted by Crippen LogP contribution is -2.49. The van der Waals surface area contributed by atoms with Crippen molar-refractivity contribution >= 4 is 11.8 Å². The van der Waals surface area contributed by atoms with Crippen molar-refractivity contribution in [2.24, 2.45) is 11.7 Å². The van der Waals surface area contributed by atoms with Crippen molar-refractivity contribution in [2.75, 3.05) is 0 Å². The van der Waals surface area contributed by atoms with E-state index in [0.29, 0.717) is 0 Å². The molecule has 1 atom stereocenters. The van der Waals surface area contributed by atoms with Crippen LogP contribution in [0.1, 0.15) is 37.0 Å². The number of nitrogens with two attached hydrogens (primary N) is 1. The van der Waals surface area contributed by atoms with Crippen molar-refractivity contribution in [3.05, 3.63) is 108 Å². The predicted octanol–water partition coefficient (Wildman–Crippen LogP) is 4.04. The summed E-state index contributed by atoms with van der Waals surface area (Å²) in [5.41, 5.74) is 7.86. The van der Waals surface area contributed by atoms with E-state index in [9.17, 15) is 9.59 Å². The van der Waals surface area contributed by atoms with Crippen LogP contribution in [0.15, 0.2) is 91.0 Å². The Labute approximate surface area is 178 Å². The maximum atomic E-state index is 13.3. The van der Waals surface area contributed by atoms with Gasteiger partial charge in [0.1, 0.15) is 6.04 Å². The van der Waals surface area contributed by atoms with Gasteiger partial charge in [-0.1, -0.05) is 105 Å². The van der Waals surface area contributed by atoms with Crippen LogP contribution < -0.4 is 11.1 Å². The van der Waals surface area contributed by atoms with Crippen molar-refractivity contribution in [3.8, 4) is 0 Å². The second-order valence-electron chi connectivity index (χ2n) is 7.87. The molecular formula is C26H28N2O2. The third kappa shape index (κ3) is 4.43. The van der Waals surface area contributed by atoms with Gasteiger partial charge < -0.3 is 11.1 Å². The molecule has 0 saturated heterocycles. The molecule has 0 saturated carbocycles. The van der Waals surface area contributed by atoms with E-state index in [1.54, 1.807) is 0 Å². The van der Waals surface area contributed by atoms with Crippen LogP contribution in [-0.4, -0.2) is 17.9 Å². The molecule has 0 radical (unpaired) electrons. The van der Waals surface area contributed by atoms with Crippen LogP contribution >= 0.6 is 0 Å². The zero-order valence-electron chi connectivity index (χ0n) is 17.4. The lowest BCUT2D eigenvalue weighted by atomic mass is 9.67. The molecule has 0 fully saturated rings. The Morgan fingerprint density at radius 1 is 0.767 bits per heavy atom. The summed E-state index contributed by atoms with van der Waals surface area (Å²) in [5.74, 6) is -0.835. The summed E-state index contributed by atoms with van der Waals surface area (Å²) in [6, 6.07) is 29.3. The van der Waals surface area contributed by atoms with Gasteiger partial charge in [0.15, 0.2) is 0 Å². The largest absolute Gasteiger partial charge is 0.368 e. The van der Waals surface area contributed by atoms with Gasteiger partial charge in [-0.05, 0) is 22.6 Å². The summed E-state index contributed by atoms with van der Waals surface area (Å²) >= 11 is 0. The molecule has 3 rings (SSSR count). The Kier molecular flexibility index (Phi) is 6.68. The van der Waals surface area contributed by atoms with E-state index in [0.717, 1.165) is 16.7 Å². The van der Waals surface area contributed by atoms with Gasteiger partial charge in [-0.25, -0.2) is 0 Å². The summed E-state index contributed by atoms with van der Waals surface area (Å²) in [6.07, 6.45) is 0.154. The number of hydrogen-bond donors (Lipinski definition) is 2. The second-order valence-corrected chi connectivity index (χ2v) is 7.87. The molecule has 4 heteroatoms. The van der Waals surface area contributed by atoms with Crippen molar-refractivity contribution in [1.82, 2.24) is 5.32 Å². The van der Waals surface area contributed by atoms with Crippen molar-refractivity contribution in [1.29, 1.82) is 0 Å². The average molecular weight is 401 g/mol. The quantitative estimate of drug-likeness (QED) is 0.560. The van der Waals surface area contributed by atoms with Gasteiger partial charge in [0, 0.05) is 6.42 Å². The van der Waals surface area contributed by atoms with Crippen LogP contribution in [0.2, 0.25) is 0 Å². The van der Waals surface area contributed by atoms with E-state index in [1.165, 1.54) is 0 Å². The van der Waals surface area contributed by atoms with Crippen molar-refractivity contribution in [2.45, 2.75) is 31.7 Å². The van der Waals surface area contributed by atoms with Crippen LogP contribution in [0.25, 0.3) is 0 Å². The molecule has 0 bridgehead atoms. The zero-order valence-corrected chi connectivity index (χ0v) is 17.4. The molecule has 0 unspecified atom stereocenters. The van der Waals surface area contributed by atoms with E-state index in [1.807, 2.05) is 105 Å². The molecule has 0 aliphatic rings. The van der Waals surface area contributed by atoms with Crippen molar-refractivity contribution < 1.29 is 9.59 Å². The van der Waals surface area contributed by atoms with Crippen LogP contribution in [0.4, 0.5) is 0 Å². The lowest BCUT2D eigenvalue weighted by Gasteiger charge is -2.36. The SMILES string of the molecule is CC(C)[C@@H](NC(=O)CC(c1ccccc1)(c1ccccc1)c1ccccc1)C(N)=O. The number of carbonyl (C=O) groups excluding carboxylic acids is 2. The summed E-state index contributed by atoms with van der Waals surface area (Å²) in [4.78, 5) is 25.1. The Morgan fingerprint density at radius 3 is 1.43 bits per heavy atom. The molecule has 4 nitrogen and oxygen atoms in total. The van der Waals surface area contributed by atoms with E-state index >= 15 is 0 Å². The number of hydrogen-bond acceptors (Lipinski definition) is 2. The first-order chi connectivity index (χ1) is 14.4. The maximum absolute atomic E-state index is 13.3. The monoisotopic (exact) mass is 400 g/mol. The van der Waals surface area contributed by atoms with Crippen LogP contribution in [0.3, 0.4) is 0 Å². The second kappa shape index (κ2) is 9.40. The molecular weight excluding hydrogens is 372 g/mol. The topological polar surface area (TPSA) is 72.2 Å². The summed E-state index contributed by atoms with van der Waals surface area (Å²) in [7, 11) is 0. The minimum atomic E-state index is -0.711. The van der Waals surface area contributed by atoms with Crippen LogP contribution in [0.5, 0.6) is 0 Å². The Bertz CT molecular complexity index is 873. The molecule has 0 aromatic heterocycles. The van der Waals surface area contributed by atoms with Crippen LogP contribution in [0, 0.1) is 5.92 Å². The van der Waals surface area contributed by atoms with Crippen molar-refractivity contribution in [3.63, 3.8) is 0 Å². The number of benzene rings is 3. The smallest absolute Gasteiger partial charge is 0.240 e. The normalized spacial score (nSPS) is 12.4. The van der Waals surface area contributed by atoms with Gasteiger partial charge in [-0.2, -0.15) is 0 Å². The van der Waals surface area contributed by atoms with Gasteiger partial charge in [0.05, 0.1) is 5.41 Å². The first kappa shape index (κ1) is 21.3. The zero-order chi connectivity index (χ0) is 21.6. The standard InChI is InChI=1S/C26H28N2O2/c1-19(2)24(25(27)30)28-23(29)18-26(20-12-6-3-7-13-20,21-14-8-4-9-15-21)22-16-10-5-11-17-22/h3-17,19,24H,18H2,1-2H3,(H2,27,30)(H,28,29)/t24-/m1/s1. The van der Waals surface area contributed by atoms with E-state index in [4.69, 9.17) is 5.73 Å². The summed E-state index contributed by atoms with van der Waals surface area (Å²) in [6.45, 7) is 3.74. The first-order valence-corrected chi connectivity index (χ1v) is 10.2. The molecule has 0 spiro atoms. The first-order valence-electron chi connectivity index (χ1n) is 10.2. The maximum Gasteiger partial charge on any atom is 0.240 e. The molecule has 0 heterocycles. The van der Waals surface area contributed by atoms with Crippen LogP contribution in [-0.2, 0) is 15.0 Å². The highest BCUT2D eigenvalue weighted by Crippen LogP contribution is 2.42.